The molecular formula is C26H31ClN4O2. The van der Waals surface area contributed by atoms with E-state index in [-0.39, 0.29) is 17.4 Å². The Morgan fingerprint density at radius 1 is 1.18 bits per heavy atom. The van der Waals surface area contributed by atoms with Crippen molar-refractivity contribution in [2.45, 2.75) is 38.1 Å². The molecule has 1 heterocycles. The number of nitrogens with zero attached hydrogens (tertiary/aromatic N) is 3. The Hall–Kier alpha value is -2.70. The Morgan fingerprint density at radius 3 is 2.64 bits per heavy atom. The Bertz CT molecular complexity index is 972. The molecule has 0 saturated heterocycles. The van der Waals surface area contributed by atoms with Crippen molar-refractivity contribution in [1.29, 1.82) is 0 Å². The molecule has 2 aliphatic rings. The second kappa shape index (κ2) is 10.9. The zero-order valence-corrected chi connectivity index (χ0v) is 19.5. The van der Waals surface area contributed by atoms with Gasteiger partial charge in [-0.2, -0.15) is 5.10 Å². The molecule has 1 saturated carbocycles. The topological polar surface area (TPSA) is 81.3 Å². The molecule has 1 atom stereocenters. The van der Waals surface area contributed by atoms with Gasteiger partial charge in [-0.05, 0) is 80.3 Å². The Morgan fingerprint density at radius 2 is 1.97 bits per heavy atom. The van der Waals surface area contributed by atoms with E-state index in [1.165, 1.54) is 0 Å². The summed E-state index contributed by atoms with van der Waals surface area (Å²) in [5.41, 5.74) is 6.69. The molecule has 1 unspecified atom stereocenters. The molecule has 1 fully saturated rings. The van der Waals surface area contributed by atoms with Gasteiger partial charge in [0.05, 0.1) is 6.54 Å². The molecule has 6 nitrogen and oxygen atoms in total. The molecule has 2 aliphatic carbocycles. The van der Waals surface area contributed by atoms with Gasteiger partial charge in [0, 0.05) is 17.3 Å². The summed E-state index contributed by atoms with van der Waals surface area (Å²) < 4.78 is 5.90. The van der Waals surface area contributed by atoms with Crippen molar-refractivity contribution in [3.8, 4) is 5.75 Å². The summed E-state index contributed by atoms with van der Waals surface area (Å²) in [5.74, 6) is 1.03. The summed E-state index contributed by atoms with van der Waals surface area (Å²) in [6.45, 7) is 1.52. The number of hydrogen-bond acceptors (Lipinski definition) is 5. The number of allylic oxidation sites excluding steroid dienone is 4. The fraction of sp³-hybridized carbons (Fsp3) is 0.423. The van der Waals surface area contributed by atoms with Crippen LogP contribution >= 0.6 is 11.6 Å². The lowest BCUT2D eigenvalue weighted by Gasteiger charge is -2.47. The highest BCUT2D eigenvalue weighted by atomic mass is 35.5. The van der Waals surface area contributed by atoms with Gasteiger partial charge < -0.3 is 15.4 Å². The number of aromatic nitrogens is 2. The van der Waals surface area contributed by atoms with E-state index in [1.54, 1.807) is 18.3 Å². The van der Waals surface area contributed by atoms with Crippen LogP contribution < -0.4 is 10.5 Å². The van der Waals surface area contributed by atoms with Gasteiger partial charge in [-0.1, -0.05) is 42.0 Å². The minimum Gasteiger partial charge on any atom is -0.492 e. The van der Waals surface area contributed by atoms with Crippen molar-refractivity contribution in [3.05, 3.63) is 77.6 Å². The van der Waals surface area contributed by atoms with Crippen molar-refractivity contribution in [3.63, 3.8) is 0 Å². The molecule has 33 heavy (non-hydrogen) atoms. The van der Waals surface area contributed by atoms with E-state index in [0.717, 1.165) is 42.9 Å². The molecule has 0 spiro atoms. The number of carbonyl (C=O) groups is 1. The molecule has 1 aromatic heterocycles. The maximum absolute atomic E-state index is 13.4. The van der Waals surface area contributed by atoms with Crippen molar-refractivity contribution in [2.24, 2.45) is 17.1 Å². The summed E-state index contributed by atoms with van der Waals surface area (Å²) in [4.78, 5) is 15.3. The molecule has 2 aromatic rings. The van der Waals surface area contributed by atoms with Crippen LogP contribution in [-0.2, 0) is 0 Å². The Balaban J connectivity index is 1.45. The first-order chi connectivity index (χ1) is 16.1. The molecule has 2 N–H and O–H groups in total. The van der Waals surface area contributed by atoms with Crippen LogP contribution in [0.25, 0.3) is 0 Å². The summed E-state index contributed by atoms with van der Waals surface area (Å²) in [5, 5.41) is 8.83. The first kappa shape index (κ1) is 23.5. The Labute approximate surface area is 200 Å². The second-order valence-electron chi connectivity index (χ2n) is 8.88. The quantitative estimate of drug-likeness (QED) is 0.615. The highest BCUT2D eigenvalue weighted by Gasteiger charge is 2.42. The van der Waals surface area contributed by atoms with Gasteiger partial charge in [0.1, 0.15) is 12.4 Å². The maximum atomic E-state index is 13.4. The number of benzene rings is 1. The molecule has 7 heteroatoms. The summed E-state index contributed by atoms with van der Waals surface area (Å²) in [7, 11) is 0. The first-order valence-electron chi connectivity index (χ1n) is 11.6. The molecule has 174 valence electrons. The maximum Gasteiger partial charge on any atom is 0.274 e. The van der Waals surface area contributed by atoms with Crippen LogP contribution in [-0.4, -0.2) is 46.7 Å². The fourth-order valence-electron chi connectivity index (χ4n) is 5.07. The van der Waals surface area contributed by atoms with Crippen molar-refractivity contribution in [1.82, 2.24) is 15.1 Å². The van der Waals surface area contributed by atoms with E-state index in [1.807, 2.05) is 47.4 Å². The van der Waals surface area contributed by atoms with Gasteiger partial charge in [0.15, 0.2) is 5.69 Å². The van der Waals surface area contributed by atoms with Gasteiger partial charge in [0.2, 0.25) is 0 Å². The number of nitrogens with two attached hydrogens (primary N) is 1. The number of ether oxygens (including phenoxy) is 1. The number of amides is 1. The highest BCUT2D eigenvalue weighted by Crippen LogP contribution is 2.47. The minimum atomic E-state index is -0.103. The van der Waals surface area contributed by atoms with Gasteiger partial charge in [-0.15, -0.1) is 5.10 Å². The van der Waals surface area contributed by atoms with Crippen LogP contribution in [0.3, 0.4) is 0 Å². The summed E-state index contributed by atoms with van der Waals surface area (Å²) >= 11 is 6.34. The number of carbonyl (C=O) groups excluding carboxylic acids is 1. The predicted molar refractivity (Wildman–Crippen MR) is 130 cm³/mol. The third-order valence-corrected chi connectivity index (χ3v) is 7.30. The van der Waals surface area contributed by atoms with Crippen LogP contribution in [0.2, 0.25) is 0 Å². The van der Waals surface area contributed by atoms with E-state index in [2.05, 4.69) is 16.3 Å². The molecule has 4 rings (SSSR count). The lowest BCUT2D eigenvalue weighted by Crippen LogP contribution is -2.49. The number of para-hydroxylation sites is 1. The number of hydrogen-bond donors (Lipinski definition) is 1. The fourth-order valence-corrected chi connectivity index (χ4v) is 5.31. The van der Waals surface area contributed by atoms with E-state index >= 15 is 0 Å². The average Bonchev–Trinajstić information content (AvgIpc) is 2.88. The molecule has 0 radical (unpaired) electrons. The van der Waals surface area contributed by atoms with Gasteiger partial charge >= 0.3 is 0 Å². The molecule has 0 bridgehead atoms. The number of rotatable bonds is 8. The first-order valence-corrected chi connectivity index (χ1v) is 12.0. The van der Waals surface area contributed by atoms with Crippen LogP contribution in [0.1, 0.15) is 42.6 Å². The van der Waals surface area contributed by atoms with E-state index in [9.17, 15) is 4.79 Å². The molecular weight excluding hydrogens is 436 g/mol. The van der Waals surface area contributed by atoms with E-state index in [4.69, 9.17) is 22.1 Å². The van der Waals surface area contributed by atoms with Crippen LogP contribution in [0.5, 0.6) is 5.75 Å². The Kier molecular flexibility index (Phi) is 7.78. The molecule has 1 aromatic carbocycles. The smallest absolute Gasteiger partial charge is 0.274 e. The van der Waals surface area contributed by atoms with Crippen molar-refractivity contribution in [2.75, 3.05) is 19.7 Å². The van der Waals surface area contributed by atoms with Gasteiger partial charge in [-0.25, -0.2) is 0 Å². The summed E-state index contributed by atoms with van der Waals surface area (Å²) in [6.07, 6.45) is 12.4. The van der Waals surface area contributed by atoms with Crippen LogP contribution in [0.15, 0.2) is 71.9 Å². The van der Waals surface area contributed by atoms with Gasteiger partial charge in [0.25, 0.3) is 5.91 Å². The third kappa shape index (κ3) is 5.63. The lowest BCUT2D eigenvalue weighted by molar-refractivity contribution is 0.0409. The average molecular weight is 467 g/mol. The zero-order chi connectivity index (χ0) is 23.1. The molecule has 0 aliphatic heterocycles. The SMILES string of the molecule is NC[C@]1(C2C=CC=C(Cl)C2)CC[C@@H](N(CCOc2ccccc2)C(=O)c2cccnn2)CC1. The standard InChI is InChI=1S/C26H31ClN4O2/c27-21-7-4-6-20(18-21)26(19-28)13-11-22(12-14-26)31(25(32)24-10-5-15-29-30-24)16-17-33-23-8-2-1-3-9-23/h1-10,15,20,22H,11-14,16-19,28H2/t20?,22-,26+. The monoisotopic (exact) mass is 466 g/mol. The number of halogens is 1. The van der Waals surface area contributed by atoms with Crippen LogP contribution in [0, 0.1) is 11.3 Å². The van der Waals surface area contributed by atoms with Crippen molar-refractivity contribution < 1.29 is 9.53 Å². The van der Waals surface area contributed by atoms with Gasteiger partial charge in [-0.3, -0.25) is 4.79 Å². The van der Waals surface area contributed by atoms with Crippen LogP contribution in [0.4, 0.5) is 0 Å². The normalized spacial score (nSPS) is 24.7. The predicted octanol–water partition coefficient (Wildman–Crippen LogP) is 4.58. The largest absolute Gasteiger partial charge is 0.492 e. The lowest BCUT2D eigenvalue weighted by atomic mass is 9.63. The van der Waals surface area contributed by atoms with Crippen molar-refractivity contribution >= 4 is 17.5 Å². The zero-order valence-electron chi connectivity index (χ0n) is 18.8. The minimum absolute atomic E-state index is 0.0171. The van der Waals surface area contributed by atoms with E-state index in [0.29, 0.717) is 31.3 Å². The third-order valence-electron chi connectivity index (χ3n) is 7.02. The van der Waals surface area contributed by atoms with E-state index < -0.39 is 0 Å². The summed E-state index contributed by atoms with van der Waals surface area (Å²) in [6, 6.07) is 13.2. The molecule has 1 amide bonds. The second-order valence-corrected chi connectivity index (χ2v) is 9.36. The highest BCUT2D eigenvalue weighted by molar-refractivity contribution is 6.29.